The summed E-state index contributed by atoms with van der Waals surface area (Å²) in [5.74, 6) is 2.37. The number of hydrogen-bond acceptors (Lipinski definition) is 7. The fraction of sp³-hybridized carbons (Fsp3) is 0.138. The molecule has 2 heterocycles. The van der Waals surface area contributed by atoms with E-state index in [1.54, 1.807) is 54.6 Å². The SMILES string of the molecule is N/C(=N\O)c1ccc(CNC(=O)C2C=CCN2C(=O)[C@@H](NC(=O)C#Cc2ccc(C(=O)O)cc2)c2ccccc2)s1. The van der Waals surface area contributed by atoms with Crippen molar-refractivity contribution in [1.29, 1.82) is 0 Å². The molecule has 3 aromatic rings. The van der Waals surface area contributed by atoms with E-state index in [-0.39, 0.29) is 24.5 Å². The van der Waals surface area contributed by atoms with Crippen molar-refractivity contribution in [1.82, 2.24) is 15.5 Å². The summed E-state index contributed by atoms with van der Waals surface area (Å²) < 4.78 is 0. The topological polar surface area (TPSA) is 174 Å². The van der Waals surface area contributed by atoms with E-state index >= 15 is 0 Å². The summed E-state index contributed by atoms with van der Waals surface area (Å²) in [5.41, 5.74) is 6.63. The van der Waals surface area contributed by atoms with E-state index in [0.717, 1.165) is 4.88 Å². The normalized spacial score (nSPS) is 15.0. The van der Waals surface area contributed by atoms with E-state index in [4.69, 9.17) is 16.0 Å². The van der Waals surface area contributed by atoms with Crippen LogP contribution in [-0.4, -0.2) is 57.3 Å². The van der Waals surface area contributed by atoms with Gasteiger partial charge in [-0.05, 0) is 42.0 Å². The van der Waals surface area contributed by atoms with Crippen LogP contribution in [0.4, 0.5) is 0 Å². The lowest BCUT2D eigenvalue weighted by Gasteiger charge is -2.28. The van der Waals surface area contributed by atoms with Crippen LogP contribution in [0, 0.1) is 11.8 Å². The Kier molecular flexibility index (Phi) is 9.13. The van der Waals surface area contributed by atoms with E-state index in [2.05, 4.69) is 27.6 Å². The van der Waals surface area contributed by atoms with Crippen molar-refractivity contribution in [3.63, 3.8) is 0 Å². The third-order valence-electron chi connectivity index (χ3n) is 6.07. The molecule has 12 heteroatoms. The first-order valence-electron chi connectivity index (χ1n) is 12.3. The number of rotatable bonds is 8. The number of oxime groups is 1. The van der Waals surface area contributed by atoms with Gasteiger partial charge < -0.3 is 31.6 Å². The molecule has 1 aliphatic rings. The molecule has 2 aromatic carbocycles. The summed E-state index contributed by atoms with van der Waals surface area (Å²) in [5, 5.41) is 26.3. The molecule has 4 rings (SSSR count). The van der Waals surface area contributed by atoms with Gasteiger partial charge in [-0.15, -0.1) is 11.3 Å². The van der Waals surface area contributed by atoms with Crippen LogP contribution < -0.4 is 16.4 Å². The minimum Gasteiger partial charge on any atom is -0.478 e. The molecule has 2 atom stereocenters. The zero-order valence-electron chi connectivity index (χ0n) is 21.5. The van der Waals surface area contributed by atoms with Crippen molar-refractivity contribution in [2.45, 2.75) is 18.6 Å². The van der Waals surface area contributed by atoms with Gasteiger partial charge in [0.05, 0.1) is 17.0 Å². The molecule has 11 nitrogen and oxygen atoms in total. The molecule has 1 aromatic heterocycles. The predicted octanol–water partition coefficient (Wildman–Crippen LogP) is 1.83. The molecule has 0 aliphatic carbocycles. The molecule has 208 valence electrons. The Morgan fingerprint density at radius 3 is 2.49 bits per heavy atom. The van der Waals surface area contributed by atoms with Crippen LogP contribution in [0.5, 0.6) is 0 Å². The average Bonchev–Trinajstić information content (AvgIpc) is 3.68. The first-order valence-corrected chi connectivity index (χ1v) is 13.1. The van der Waals surface area contributed by atoms with E-state index in [0.29, 0.717) is 16.0 Å². The maximum atomic E-state index is 13.7. The lowest BCUT2D eigenvalue weighted by Crippen LogP contribution is -2.50. The largest absolute Gasteiger partial charge is 0.478 e. The number of amidine groups is 1. The highest BCUT2D eigenvalue weighted by Gasteiger charge is 2.35. The van der Waals surface area contributed by atoms with Gasteiger partial charge in [-0.3, -0.25) is 14.4 Å². The van der Waals surface area contributed by atoms with Crippen LogP contribution in [-0.2, 0) is 20.9 Å². The Hall–Kier alpha value is -5.41. The molecule has 3 amide bonds. The first-order chi connectivity index (χ1) is 19.8. The van der Waals surface area contributed by atoms with Gasteiger partial charge in [0, 0.05) is 22.9 Å². The third-order valence-corrected chi connectivity index (χ3v) is 7.18. The minimum absolute atomic E-state index is 0.0298. The number of carbonyl (C=O) groups excluding carboxylic acids is 3. The Bertz CT molecular complexity index is 1570. The van der Waals surface area contributed by atoms with Gasteiger partial charge in [-0.1, -0.05) is 53.6 Å². The van der Waals surface area contributed by atoms with Gasteiger partial charge in [-0.25, -0.2) is 4.79 Å². The number of nitrogens with two attached hydrogens (primary N) is 1. The standard InChI is InChI=1S/C29H25N5O6S/c30-26(33-40)23-14-13-21(41-23)17-31-27(36)22-7-4-16-34(22)28(37)25(19-5-2-1-3-6-19)32-24(35)15-10-18-8-11-20(12-9-18)29(38)39/h1-9,11-14,22,25,40H,16-17H2,(H2,30,33)(H,31,36)(H,32,35)(H,38,39)/t22?,25-/m0/s1. The van der Waals surface area contributed by atoms with Crippen molar-refractivity contribution in [2.24, 2.45) is 10.9 Å². The number of carboxylic acids is 1. The fourth-order valence-electron chi connectivity index (χ4n) is 4.01. The summed E-state index contributed by atoms with van der Waals surface area (Å²) in [6, 6.07) is 15.7. The highest BCUT2D eigenvalue weighted by molar-refractivity contribution is 7.14. The molecule has 0 fully saturated rings. The Balaban J connectivity index is 1.46. The van der Waals surface area contributed by atoms with Gasteiger partial charge in [0.2, 0.25) is 5.91 Å². The van der Waals surface area contributed by atoms with Gasteiger partial charge in [0.1, 0.15) is 12.1 Å². The average molecular weight is 572 g/mol. The summed E-state index contributed by atoms with van der Waals surface area (Å²) in [6.45, 7) is 0.348. The molecule has 1 unspecified atom stereocenters. The molecule has 0 saturated heterocycles. The fourth-order valence-corrected chi connectivity index (χ4v) is 4.85. The summed E-state index contributed by atoms with van der Waals surface area (Å²) >= 11 is 1.26. The number of carbonyl (C=O) groups is 4. The second kappa shape index (κ2) is 13.1. The molecule has 6 N–H and O–H groups in total. The second-order valence-electron chi connectivity index (χ2n) is 8.78. The summed E-state index contributed by atoms with van der Waals surface area (Å²) in [7, 11) is 0. The van der Waals surface area contributed by atoms with Gasteiger partial charge in [-0.2, -0.15) is 0 Å². The molecule has 41 heavy (non-hydrogen) atoms. The lowest BCUT2D eigenvalue weighted by atomic mass is 10.0. The Morgan fingerprint density at radius 2 is 1.80 bits per heavy atom. The zero-order valence-corrected chi connectivity index (χ0v) is 22.3. The molecule has 0 radical (unpaired) electrons. The van der Waals surface area contributed by atoms with E-state index in [1.165, 1.54) is 40.5 Å². The predicted molar refractivity (Wildman–Crippen MR) is 151 cm³/mol. The smallest absolute Gasteiger partial charge is 0.335 e. The number of aromatic carboxylic acids is 1. The van der Waals surface area contributed by atoms with Crippen molar-refractivity contribution in [2.75, 3.05) is 6.54 Å². The highest BCUT2D eigenvalue weighted by Crippen LogP contribution is 2.21. The monoisotopic (exact) mass is 571 g/mol. The highest BCUT2D eigenvalue weighted by atomic mass is 32.1. The van der Waals surface area contributed by atoms with Crippen LogP contribution in [0.25, 0.3) is 0 Å². The summed E-state index contributed by atoms with van der Waals surface area (Å²) in [4.78, 5) is 53.2. The quantitative estimate of drug-likeness (QED) is 0.0685. The van der Waals surface area contributed by atoms with E-state index in [1.807, 2.05) is 0 Å². The maximum Gasteiger partial charge on any atom is 0.335 e. The van der Waals surface area contributed by atoms with Crippen molar-refractivity contribution in [3.8, 4) is 11.8 Å². The number of carboxylic acid groups (broad SMARTS) is 1. The molecular weight excluding hydrogens is 546 g/mol. The van der Waals surface area contributed by atoms with Gasteiger partial charge in [0.25, 0.3) is 11.8 Å². The van der Waals surface area contributed by atoms with Gasteiger partial charge >= 0.3 is 5.97 Å². The van der Waals surface area contributed by atoms with Crippen LogP contribution >= 0.6 is 11.3 Å². The van der Waals surface area contributed by atoms with Crippen molar-refractivity contribution >= 4 is 40.9 Å². The zero-order chi connectivity index (χ0) is 29.4. The maximum absolute atomic E-state index is 13.7. The van der Waals surface area contributed by atoms with Gasteiger partial charge in [0.15, 0.2) is 5.84 Å². The molecule has 0 spiro atoms. The Morgan fingerprint density at radius 1 is 1.07 bits per heavy atom. The number of amides is 3. The van der Waals surface area contributed by atoms with E-state index < -0.39 is 35.8 Å². The molecule has 0 saturated carbocycles. The number of nitrogens with one attached hydrogen (secondary N) is 2. The van der Waals surface area contributed by atoms with Crippen LogP contribution in [0.3, 0.4) is 0 Å². The molecule has 1 aliphatic heterocycles. The number of nitrogens with zero attached hydrogens (tertiary/aromatic N) is 2. The number of benzene rings is 2. The second-order valence-corrected chi connectivity index (χ2v) is 9.95. The Labute approximate surface area is 239 Å². The summed E-state index contributed by atoms with van der Waals surface area (Å²) in [6.07, 6.45) is 3.32. The number of thiophene rings is 1. The lowest BCUT2D eigenvalue weighted by molar-refractivity contribution is -0.140. The first kappa shape index (κ1) is 28.6. The number of hydrogen-bond donors (Lipinski definition) is 5. The van der Waals surface area contributed by atoms with Crippen LogP contribution in [0.15, 0.2) is 84.0 Å². The van der Waals surface area contributed by atoms with Crippen molar-refractivity contribution in [3.05, 3.63) is 105 Å². The minimum atomic E-state index is -1.11. The van der Waals surface area contributed by atoms with Crippen molar-refractivity contribution < 1.29 is 29.5 Å². The van der Waals surface area contributed by atoms with E-state index in [9.17, 15) is 19.2 Å². The third kappa shape index (κ3) is 7.17. The van der Waals surface area contributed by atoms with Crippen LogP contribution in [0.2, 0.25) is 0 Å². The molecule has 0 bridgehead atoms. The molecular formula is C29H25N5O6S. The van der Waals surface area contributed by atoms with Crippen LogP contribution in [0.1, 0.15) is 37.3 Å².